The summed E-state index contributed by atoms with van der Waals surface area (Å²) in [5.41, 5.74) is 0.742. The van der Waals surface area contributed by atoms with Gasteiger partial charge in [0.2, 0.25) is 11.9 Å². The summed E-state index contributed by atoms with van der Waals surface area (Å²) in [5.74, 6) is 1.16. The highest BCUT2D eigenvalue weighted by Crippen LogP contribution is 2.23. The molecule has 1 aromatic carbocycles. The predicted octanol–water partition coefficient (Wildman–Crippen LogP) is 2.00. The summed E-state index contributed by atoms with van der Waals surface area (Å²) in [4.78, 5) is 16.7. The van der Waals surface area contributed by atoms with E-state index in [1.54, 1.807) is 23.9 Å². The lowest BCUT2D eigenvalue weighted by molar-refractivity contribution is -0.116. The number of nitrogens with one attached hydrogen (secondary N) is 2. The first-order valence-corrected chi connectivity index (χ1v) is 8.80. The molecule has 1 aliphatic rings. The second kappa shape index (κ2) is 8.27. The molecule has 1 aromatic heterocycles. The molecular weight excluding hydrogens is 337 g/mol. The molecule has 8 heteroatoms. The molecule has 1 saturated heterocycles. The molecule has 140 valence electrons. The van der Waals surface area contributed by atoms with Crippen molar-refractivity contribution in [3.05, 3.63) is 35.4 Å². The number of aromatic nitrogens is 3. The molecule has 0 atom stereocenters. The van der Waals surface area contributed by atoms with Crippen LogP contribution in [0, 0.1) is 5.82 Å². The number of piperidine rings is 1. The number of benzene rings is 1. The number of carbonyl (C=O) groups excluding carboxylic acids is 1. The van der Waals surface area contributed by atoms with Gasteiger partial charge in [-0.3, -0.25) is 10.1 Å². The zero-order chi connectivity index (χ0) is 18.5. The molecular formula is C18H24FN5O2. The minimum absolute atomic E-state index is 0.173. The van der Waals surface area contributed by atoms with Gasteiger partial charge in [0.1, 0.15) is 0 Å². The number of hydrogen-bond acceptors (Lipinski definition) is 5. The van der Waals surface area contributed by atoms with Gasteiger partial charge in [-0.05, 0) is 50.0 Å². The molecule has 1 amide bonds. The number of rotatable bonds is 6. The van der Waals surface area contributed by atoms with Crippen LogP contribution in [0.4, 0.5) is 10.3 Å². The Kier molecular flexibility index (Phi) is 5.82. The summed E-state index contributed by atoms with van der Waals surface area (Å²) < 4.78 is 20.2. The van der Waals surface area contributed by atoms with Crippen molar-refractivity contribution in [2.75, 3.05) is 25.5 Å². The van der Waals surface area contributed by atoms with E-state index >= 15 is 0 Å². The molecule has 26 heavy (non-hydrogen) atoms. The van der Waals surface area contributed by atoms with Gasteiger partial charge < -0.3 is 10.1 Å². The smallest absolute Gasteiger partial charge is 0.227 e. The van der Waals surface area contributed by atoms with E-state index in [0.29, 0.717) is 18.3 Å². The third kappa shape index (κ3) is 4.37. The lowest BCUT2D eigenvalue weighted by atomic mass is 9.98. The van der Waals surface area contributed by atoms with Gasteiger partial charge in [-0.1, -0.05) is 6.07 Å². The number of ether oxygens (including phenoxy) is 1. The van der Waals surface area contributed by atoms with E-state index in [1.807, 2.05) is 0 Å². The summed E-state index contributed by atoms with van der Waals surface area (Å²) in [6.07, 6.45) is 2.67. The highest BCUT2D eigenvalue weighted by molar-refractivity contribution is 5.89. The maximum absolute atomic E-state index is 13.7. The molecule has 0 saturated carbocycles. The first-order chi connectivity index (χ1) is 12.6. The van der Waals surface area contributed by atoms with Crippen LogP contribution in [-0.2, 0) is 18.3 Å². The number of nitrogens with zero attached hydrogens (tertiary/aromatic N) is 3. The molecule has 0 unspecified atom stereocenters. The summed E-state index contributed by atoms with van der Waals surface area (Å²) in [7, 11) is 3.19. The van der Waals surface area contributed by atoms with E-state index in [9.17, 15) is 9.18 Å². The zero-order valence-corrected chi connectivity index (χ0v) is 15.1. The van der Waals surface area contributed by atoms with Crippen LogP contribution in [-0.4, -0.2) is 40.9 Å². The number of halogens is 1. The van der Waals surface area contributed by atoms with E-state index < -0.39 is 5.82 Å². The minimum Gasteiger partial charge on any atom is -0.494 e. The van der Waals surface area contributed by atoms with Crippen molar-refractivity contribution in [1.82, 2.24) is 20.1 Å². The number of aryl methyl sites for hydroxylation is 2. The molecule has 2 heterocycles. The quantitative estimate of drug-likeness (QED) is 0.823. The zero-order valence-electron chi connectivity index (χ0n) is 15.1. The topological polar surface area (TPSA) is 81.1 Å². The molecule has 0 radical (unpaired) electrons. The average molecular weight is 361 g/mol. The average Bonchev–Trinajstić information content (AvgIpc) is 3.01. The summed E-state index contributed by atoms with van der Waals surface area (Å²) >= 11 is 0. The SMILES string of the molecule is COc1ccc(CCC(=O)Nc2nc(C3CCNCC3)nn2C)cc1F. The molecule has 2 N–H and O–H groups in total. The predicted molar refractivity (Wildman–Crippen MR) is 95.8 cm³/mol. The fraction of sp³-hybridized carbons (Fsp3) is 0.500. The molecule has 7 nitrogen and oxygen atoms in total. The van der Waals surface area contributed by atoms with Crippen LogP contribution in [0.1, 0.15) is 36.6 Å². The van der Waals surface area contributed by atoms with Crippen LogP contribution in [0.25, 0.3) is 0 Å². The van der Waals surface area contributed by atoms with Crippen LogP contribution in [0.2, 0.25) is 0 Å². The van der Waals surface area contributed by atoms with Crippen LogP contribution in [0.15, 0.2) is 18.2 Å². The van der Waals surface area contributed by atoms with Gasteiger partial charge in [-0.15, -0.1) is 0 Å². The Labute approximate surface area is 151 Å². The van der Waals surface area contributed by atoms with Crippen molar-refractivity contribution in [3.63, 3.8) is 0 Å². The summed E-state index contributed by atoms with van der Waals surface area (Å²) in [6, 6.07) is 4.72. The Morgan fingerprint density at radius 3 is 2.88 bits per heavy atom. The second-order valence-electron chi connectivity index (χ2n) is 6.46. The Balaban J connectivity index is 1.56. The number of carbonyl (C=O) groups is 1. The van der Waals surface area contributed by atoms with Gasteiger partial charge in [-0.25, -0.2) is 9.07 Å². The van der Waals surface area contributed by atoms with Gasteiger partial charge in [0.05, 0.1) is 7.11 Å². The van der Waals surface area contributed by atoms with Gasteiger partial charge in [0.25, 0.3) is 0 Å². The van der Waals surface area contributed by atoms with Crippen LogP contribution in [0.5, 0.6) is 5.75 Å². The Morgan fingerprint density at radius 1 is 1.42 bits per heavy atom. The molecule has 0 aliphatic carbocycles. The lowest BCUT2D eigenvalue weighted by Gasteiger charge is -2.19. The molecule has 1 fully saturated rings. The van der Waals surface area contributed by atoms with Crippen molar-refractivity contribution >= 4 is 11.9 Å². The standard InChI is InChI=1S/C18H24FN5O2/c1-24-18(22-17(23-24)13-7-9-20-10-8-13)21-16(25)6-4-12-3-5-15(26-2)14(19)11-12/h3,5,11,13,20H,4,6-10H2,1-2H3,(H,21,22,23,25). The van der Waals surface area contributed by atoms with E-state index in [-0.39, 0.29) is 18.1 Å². The minimum atomic E-state index is -0.426. The highest BCUT2D eigenvalue weighted by atomic mass is 19.1. The Morgan fingerprint density at radius 2 is 2.19 bits per heavy atom. The van der Waals surface area contributed by atoms with Crippen LogP contribution in [0.3, 0.4) is 0 Å². The summed E-state index contributed by atoms with van der Waals surface area (Å²) in [6.45, 7) is 1.92. The second-order valence-corrected chi connectivity index (χ2v) is 6.46. The molecule has 3 rings (SSSR count). The molecule has 1 aliphatic heterocycles. The first kappa shape index (κ1) is 18.3. The van der Waals surface area contributed by atoms with Crippen molar-refractivity contribution in [2.24, 2.45) is 7.05 Å². The van der Waals surface area contributed by atoms with Crippen molar-refractivity contribution in [3.8, 4) is 5.75 Å². The van der Waals surface area contributed by atoms with Crippen molar-refractivity contribution in [2.45, 2.75) is 31.6 Å². The molecule has 2 aromatic rings. The third-order valence-corrected chi connectivity index (χ3v) is 4.59. The fourth-order valence-electron chi connectivity index (χ4n) is 3.08. The number of hydrogen-bond donors (Lipinski definition) is 2. The van der Waals surface area contributed by atoms with Crippen LogP contribution >= 0.6 is 0 Å². The van der Waals surface area contributed by atoms with Gasteiger partial charge in [0, 0.05) is 19.4 Å². The fourth-order valence-corrected chi connectivity index (χ4v) is 3.08. The Bertz CT molecular complexity index is 771. The first-order valence-electron chi connectivity index (χ1n) is 8.80. The lowest BCUT2D eigenvalue weighted by Crippen LogP contribution is -2.27. The maximum atomic E-state index is 13.7. The third-order valence-electron chi connectivity index (χ3n) is 4.59. The van der Waals surface area contributed by atoms with E-state index in [2.05, 4.69) is 20.7 Å². The van der Waals surface area contributed by atoms with E-state index in [1.165, 1.54) is 13.2 Å². The van der Waals surface area contributed by atoms with Crippen molar-refractivity contribution < 1.29 is 13.9 Å². The van der Waals surface area contributed by atoms with Gasteiger partial charge in [0.15, 0.2) is 17.4 Å². The number of amides is 1. The monoisotopic (exact) mass is 361 g/mol. The van der Waals surface area contributed by atoms with E-state index in [0.717, 1.165) is 37.3 Å². The van der Waals surface area contributed by atoms with E-state index in [4.69, 9.17) is 4.74 Å². The number of methoxy groups -OCH3 is 1. The van der Waals surface area contributed by atoms with Crippen molar-refractivity contribution in [1.29, 1.82) is 0 Å². The molecule has 0 spiro atoms. The van der Waals surface area contributed by atoms with Crippen LogP contribution < -0.4 is 15.4 Å². The highest BCUT2D eigenvalue weighted by Gasteiger charge is 2.21. The van der Waals surface area contributed by atoms with Gasteiger partial charge in [-0.2, -0.15) is 10.1 Å². The molecule has 0 bridgehead atoms. The maximum Gasteiger partial charge on any atom is 0.227 e. The Hall–Kier alpha value is -2.48. The largest absolute Gasteiger partial charge is 0.494 e. The normalized spacial score (nSPS) is 15.0. The summed E-state index contributed by atoms with van der Waals surface area (Å²) in [5, 5.41) is 10.5. The van der Waals surface area contributed by atoms with Gasteiger partial charge >= 0.3 is 0 Å². The number of anilines is 1.